The van der Waals surface area contributed by atoms with Crippen LogP contribution in [0.1, 0.15) is 21.5 Å². The van der Waals surface area contributed by atoms with Gasteiger partial charge in [-0.15, -0.1) is 0 Å². The Bertz CT molecular complexity index is 991. The van der Waals surface area contributed by atoms with E-state index in [0.29, 0.717) is 17.1 Å². The van der Waals surface area contributed by atoms with Gasteiger partial charge < -0.3 is 4.74 Å². The zero-order valence-electron chi connectivity index (χ0n) is 16.7. The molecule has 152 valence electrons. The topological polar surface area (TPSA) is 45.7 Å². The predicted octanol–water partition coefficient (Wildman–Crippen LogP) is 4.55. The van der Waals surface area contributed by atoms with E-state index in [4.69, 9.17) is 21.3 Å². The van der Waals surface area contributed by atoms with Crippen LogP contribution in [0.5, 0.6) is 0 Å². The van der Waals surface area contributed by atoms with Gasteiger partial charge in [-0.3, -0.25) is 14.6 Å². The average molecular weight is 430 g/mol. The van der Waals surface area contributed by atoms with E-state index in [0.717, 1.165) is 53.8 Å². The molecule has 0 unspecified atom stereocenters. The van der Waals surface area contributed by atoms with Gasteiger partial charge in [0.05, 0.1) is 34.0 Å². The highest BCUT2D eigenvalue weighted by atomic mass is 35.5. The lowest BCUT2D eigenvalue weighted by atomic mass is 10.1. The number of nitrogens with zero attached hydrogens (tertiary/aromatic N) is 3. The number of benzene rings is 2. The number of amides is 1. The highest BCUT2D eigenvalue weighted by Crippen LogP contribution is 2.34. The molecule has 4 rings (SSSR count). The van der Waals surface area contributed by atoms with Crippen LogP contribution in [0.4, 0.5) is 5.13 Å². The normalized spacial score (nSPS) is 15.0. The minimum atomic E-state index is -0.113. The molecule has 1 aromatic heterocycles. The Morgan fingerprint density at radius 3 is 2.62 bits per heavy atom. The Kier molecular flexibility index (Phi) is 6.15. The maximum atomic E-state index is 13.5. The maximum Gasteiger partial charge on any atom is 0.261 e. The third-order valence-corrected chi connectivity index (χ3v) is 6.80. The first-order valence-corrected chi connectivity index (χ1v) is 11.0. The minimum absolute atomic E-state index is 0.113. The van der Waals surface area contributed by atoms with Gasteiger partial charge in [0.25, 0.3) is 5.91 Å². The SMILES string of the molecule is Cc1ccc(C)c2sc(N(CCN3CCOCC3)C(=O)c3ccccc3Cl)nc12. The number of hydrogen-bond acceptors (Lipinski definition) is 5. The molecule has 2 heterocycles. The van der Waals surface area contributed by atoms with Crippen LogP contribution in [0.3, 0.4) is 0 Å². The van der Waals surface area contributed by atoms with Crippen LogP contribution in [0.25, 0.3) is 10.2 Å². The number of ether oxygens (including phenoxy) is 1. The summed E-state index contributed by atoms with van der Waals surface area (Å²) in [6, 6.07) is 11.4. The fourth-order valence-electron chi connectivity index (χ4n) is 3.49. The van der Waals surface area contributed by atoms with Crippen molar-refractivity contribution in [3.8, 4) is 0 Å². The van der Waals surface area contributed by atoms with Gasteiger partial charge in [-0.1, -0.05) is 47.2 Å². The van der Waals surface area contributed by atoms with Gasteiger partial charge in [0.1, 0.15) is 0 Å². The highest BCUT2D eigenvalue weighted by molar-refractivity contribution is 7.22. The van der Waals surface area contributed by atoms with Crippen molar-refractivity contribution in [2.75, 3.05) is 44.3 Å². The van der Waals surface area contributed by atoms with Gasteiger partial charge in [0.15, 0.2) is 5.13 Å². The van der Waals surface area contributed by atoms with Gasteiger partial charge in [-0.2, -0.15) is 0 Å². The molecule has 0 N–H and O–H groups in total. The Morgan fingerprint density at radius 1 is 1.17 bits per heavy atom. The van der Waals surface area contributed by atoms with Gasteiger partial charge in [-0.25, -0.2) is 4.98 Å². The quantitative estimate of drug-likeness (QED) is 0.597. The molecule has 3 aromatic rings. The molecule has 0 atom stereocenters. The van der Waals surface area contributed by atoms with Gasteiger partial charge in [0.2, 0.25) is 0 Å². The Labute approximate surface area is 179 Å². The van der Waals surface area contributed by atoms with Crippen LogP contribution in [0.2, 0.25) is 5.02 Å². The number of thiazole rings is 1. The number of halogens is 1. The van der Waals surface area contributed by atoms with E-state index >= 15 is 0 Å². The lowest BCUT2D eigenvalue weighted by Crippen LogP contribution is -2.43. The standard InChI is InChI=1S/C22H24ClN3O2S/c1-15-7-8-16(2)20-19(15)24-22(29-20)26(10-9-25-11-13-28-14-12-25)21(27)17-5-3-4-6-18(17)23/h3-8H,9-14H2,1-2H3. The zero-order valence-corrected chi connectivity index (χ0v) is 18.2. The monoisotopic (exact) mass is 429 g/mol. The molecule has 2 aromatic carbocycles. The van der Waals surface area contributed by atoms with Crippen molar-refractivity contribution in [3.63, 3.8) is 0 Å². The molecule has 1 saturated heterocycles. The number of fused-ring (bicyclic) bond motifs is 1. The van der Waals surface area contributed by atoms with E-state index < -0.39 is 0 Å². The molecule has 5 nitrogen and oxygen atoms in total. The van der Waals surface area contributed by atoms with E-state index in [2.05, 4.69) is 30.9 Å². The van der Waals surface area contributed by atoms with E-state index in [9.17, 15) is 4.79 Å². The lowest BCUT2D eigenvalue weighted by molar-refractivity contribution is 0.0391. The molecular weight excluding hydrogens is 406 g/mol. The summed E-state index contributed by atoms with van der Waals surface area (Å²) in [5, 5.41) is 1.18. The molecule has 0 radical (unpaired) electrons. The summed E-state index contributed by atoms with van der Waals surface area (Å²) in [5.41, 5.74) is 3.76. The first-order valence-electron chi connectivity index (χ1n) is 9.78. The van der Waals surface area contributed by atoms with Crippen molar-refractivity contribution in [2.24, 2.45) is 0 Å². The van der Waals surface area contributed by atoms with Crippen molar-refractivity contribution in [2.45, 2.75) is 13.8 Å². The molecule has 0 bridgehead atoms. The molecule has 1 amide bonds. The van der Waals surface area contributed by atoms with Crippen molar-refractivity contribution < 1.29 is 9.53 Å². The fraction of sp³-hybridized carbons (Fsp3) is 0.364. The summed E-state index contributed by atoms with van der Waals surface area (Å²) in [7, 11) is 0. The Morgan fingerprint density at radius 2 is 1.90 bits per heavy atom. The largest absolute Gasteiger partial charge is 0.379 e. The first-order chi connectivity index (χ1) is 14.0. The van der Waals surface area contributed by atoms with E-state index in [1.165, 1.54) is 5.56 Å². The summed E-state index contributed by atoms with van der Waals surface area (Å²) >= 11 is 7.91. The molecule has 7 heteroatoms. The van der Waals surface area contributed by atoms with Crippen LogP contribution in [0.15, 0.2) is 36.4 Å². The van der Waals surface area contributed by atoms with Gasteiger partial charge in [0, 0.05) is 26.2 Å². The fourth-order valence-corrected chi connectivity index (χ4v) is 4.85. The lowest BCUT2D eigenvalue weighted by Gasteiger charge is -2.29. The maximum absolute atomic E-state index is 13.5. The summed E-state index contributed by atoms with van der Waals surface area (Å²) < 4.78 is 6.57. The molecule has 0 spiro atoms. The van der Waals surface area contributed by atoms with Gasteiger partial charge >= 0.3 is 0 Å². The van der Waals surface area contributed by atoms with Crippen molar-refractivity contribution in [1.82, 2.24) is 9.88 Å². The summed E-state index contributed by atoms with van der Waals surface area (Å²) in [6.45, 7) is 8.70. The second-order valence-corrected chi connectivity index (χ2v) is 8.65. The summed E-state index contributed by atoms with van der Waals surface area (Å²) in [6.07, 6.45) is 0. The average Bonchev–Trinajstić information content (AvgIpc) is 3.18. The van der Waals surface area contributed by atoms with Gasteiger partial charge in [-0.05, 0) is 37.1 Å². The molecular formula is C22H24ClN3O2S. The smallest absolute Gasteiger partial charge is 0.261 e. The number of aryl methyl sites for hydroxylation is 2. The van der Waals surface area contributed by atoms with Crippen LogP contribution in [-0.4, -0.2) is 55.2 Å². The number of rotatable bonds is 5. The van der Waals surface area contributed by atoms with E-state index in [1.807, 2.05) is 12.1 Å². The van der Waals surface area contributed by atoms with Crippen molar-refractivity contribution >= 4 is 44.2 Å². The number of anilines is 1. The third-order valence-electron chi connectivity index (χ3n) is 5.25. The number of hydrogen-bond donors (Lipinski definition) is 0. The molecule has 1 aliphatic heterocycles. The third kappa shape index (κ3) is 4.31. The second-order valence-electron chi connectivity index (χ2n) is 7.26. The number of carbonyl (C=O) groups is 1. The summed E-state index contributed by atoms with van der Waals surface area (Å²) in [5.74, 6) is -0.113. The predicted molar refractivity (Wildman–Crippen MR) is 119 cm³/mol. The van der Waals surface area contributed by atoms with Crippen LogP contribution >= 0.6 is 22.9 Å². The Balaban J connectivity index is 1.69. The zero-order chi connectivity index (χ0) is 20.4. The minimum Gasteiger partial charge on any atom is -0.379 e. The Hall–Kier alpha value is -1.99. The van der Waals surface area contributed by atoms with E-state index in [-0.39, 0.29) is 5.91 Å². The van der Waals surface area contributed by atoms with Crippen LogP contribution in [-0.2, 0) is 4.74 Å². The van der Waals surface area contributed by atoms with Crippen LogP contribution < -0.4 is 4.90 Å². The number of carbonyl (C=O) groups excluding carboxylic acids is 1. The second kappa shape index (κ2) is 8.79. The first kappa shape index (κ1) is 20.3. The summed E-state index contributed by atoms with van der Waals surface area (Å²) in [4.78, 5) is 22.4. The number of morpholine rings is 1. The highest BCUT2D eigenvalue weighted by Gasteiger charge is 2.24. The molecule has 29 heavy (non-hydrogen) atoms. The molecule has 1 aliphatic rings. The van der Waals surface area contributed by atoms with Crippen molar-refractivity contribution in [3.05, 3.63) is 58.1 Å². The van der Waals surface area contributed by atoms with E-state index in [1.54, 1.807) is 28.4 Å². The van der Waals surface area contributed by atoms with Crippen molar-refractivity contribution in [1.29, 1.82) is 0 Å². The molecule has 1 fully saturated rings. The molecule has 0 saturated carbocycles. The van der Waals surface area contributed by atoms with Crippen LogP contribution in [0, 0.1) is 13.8 Å². The number of aromatic nitrogens is 1. The molecule has 0 aliphatic carbocycles.